The lowest BCUT2D eigenvalue weighted by atomic mass is 9.93. The van der Waals surface area contributed by atoms with Crippen LogP contribution in [-0.2, 0) is 4.74 Å². The maximum atomic E-state index is 11.8. The SMILES string of the molecule is CCC(CC)(NC(=O)NC1CCOC1)C(N)=S. The van der Waals surface area contributed by atoms with Gasteiger partial charge in [0.2, 0.25) is 0 Å². The van der Waals surface area contributed by atoms with Crippen molar-refractivity contribution in [3.8, 4) is 0 Å². The van der Waals surface area contributed by atoms with Crippen molar-refractivity contribution < 1.29 is 9.53 Å². The first kappa shape index (κ1) is 14.2. The van der Waals surface area contributed by atoms with E-state index in [1.165, 1.54) is 0 Å². The third-order valence-corrected chi connectivity index (χ3v) is 3.69. The van der Waals surface area contributed by atoms with E-state index in [0.717, 1.165) is 6.42 Å². The summed E-state index contributed by atoms with van der Waals surface area (Å²) in [5.41, 5.74) is 5.13. The first-order valence-corrected chi connectivity index (χ1v) is 6.41. The van der Waals surface area contributed by atoms with Crippen LogP contribution in [0.5, 0.6) is 0 Å². The minimum Gasteiger partial charge on any atom is -0.391 e. The fraction of sp³-hybridized carbons (Fsp3) is 0.818. The van der Waals surface area contributed by atoms with E-state index in [-0.39, 0.29) is 12.1 Å². The molecule has 1 aliphatic heterocycles. The third kappa shape index (κ3) is 3.54. The molecule has 0 aromatic rings. The van der Waals surface area contributed by atoms with Crippen LogP contribution in [0.25, 0.3) is 0 Å². The molecule has 1 rings (SSSR count). The number of nitrogens with two attached hydrogens (primary N) is 1. The van der Waals surface area contributed by atoms with Crippen LogP contribution in [0.3, 0.4) is 0 Å². The van der Waals surface area contributed by atoms with Gasteiger partial charge in [-0.3, -0.25) is 0 Å². The van der Waals surface area contributed by atoms with Gasteiger partial charge in [-0.2, -0.15) is 0 Å². The monoisotopic (exact) mass is 259 g/mol. The van der Waals surface area contributed by atoms with E-state index < -0.39 is 5.54 Å². The lowest BCUT2D eigenvalue weighted by Crippen LogP contribution is -2.59. The summed E-state index contributed by atoms with van der Waals surface area (Å²) in [7, 11) is 0. The molecule has 1 atom stereocenters. The molecule has 1 unspecified atom stereocenters. The lowest BCUT2D eigenvalue weighted by molar-refractivity contribution is 0.187. The van der Waals surface area contributed by atoms with E-state index >= 15 is 0 Å². The van der Waals surface area contributed by atoms with Crippen LogP contribution in [0.2, 0.25) is 0 Å². The van der Waals surface area contributed by atoms with Crippen molar-refractivity contribution in [3.05, 3.63) is 0 Å². The first-order valence-electron chi connectivity index (χ1n) is 6.00. The van der Waals surface area contributed by atoms with Gasteiger partial charge in [-0.25, -0.2) is 4.79 Å². The van der Waals surface area contributed by atoms with Gasteiger partial charge in [0.1, 0.15) is 0 Å². The number of ether oxygens (including phenoxy) is 1. The predicted octanol–water partition coefficient (Wildman–Crippen LogP) is 0.919. The Morgan fingerprint density at radius 3 is 2.59 bits per heavy atom. The van der Waals surface area contributed by atoms with Crippen LogP contribution in [0, 0.1) is 0 Å². The summed E-state index contributed by atoms with van der Waals surface area (Å²) in [5, 5.41) is 5.75. The average Bonchev–Trinajstić information content (AvgIpc) is 2.78. The molecular weight excluding hydrogens is 238 g/mol. The first-order chi connectivity index (χ1) is 8.04. The number of urea groups is 1. The summed E-state index contributed by atoms with van der Waals surface area (Å²) < 4.78 is 5.20. The minimum atomic E-state index is -0.584. The van der Waals surface area contributed by atoms with Crippen LogP contribution in [0.1, 0.15) is 33.1 Å². The van der Waals surface area contributed by atoms with E-state index in [2.05, 4.69) is 10.6 Å². The number of rotatable bonds is 5. The largest absolute Gasteiger partial charge is 0.391 e. The van der Waals surface area contributed by atoms with Crippen LogP contribution in [0.15, 0.2) is 0 Å². The predicted molar refractivity (Wildman–Crippen MR) is 71.0 cm³/mol. The summed E-state index contributed by atoms with van der Waals surface area (Å²) in [6.07, 6.45) is 2.23. The highest BCUT2D eigenvalue weighted by atomic mass is 32.1. The zero-order valence-electron chi connectivity index (χ0n) is 10.4. The summed E-state index contributed by atoms with van der Waals surface area (Å²) in [5.74, 6) is 0. The Balaban J connectivity index is 2.54. The molecule has 17 heavy (non-hydrogen) atoms. The van der Waals surface area contributed by atoms with E-state index in [1.54, 1.807) is 0 Å². The molecule has 0 aromatic heterocycles. The molecule has 0 radical (unpaired) electrons. The van der Waals surface area contributed by atoms with Gasteiger partial charge in [-0.1, -0.05) is 26.1 Å². The molecule has 1 heterocycles. The van der Waals surface area contributed by atoms with Gasteiger partial charge < -0.3 is 21.1 Å². The van der Waals surface area contributed by atoms with Gasteiger partial charge in [0.05, 0.1) is 23.2 Å². The van der Waals surface area contributed by atoms with Crippen molar-refractivity contribution in [1.29, 1.82) is 0 Å². The van der Waals surface area contributed by atoms with Gasteiger partial charge in [0, 0.05) is 6.61 Å². The van der Waals surface area contributed by atoms with Gasteiger partial charge >= 0.3 is 6.03 Å². The summed E-state index contributed by atoms with van der Waals surface area (Å²) >= 11 is 5.04. The van der Waals surface area contributed by atoms with Crippen molar-refractivity contribution in [2.75, 3.05) is 13.2 Å². The number of hydrogen-bond donors (Lipinski definition) is 3. The third-order valence-electron chi connectivity index (χ3n) is 3.30. The maximum Gasteiger partial charge on any atom is 0.315 e. The molecule has 4 N–H and O–H groups in total. The molecule has 1 saturated heterocycles. The molecule has 1 aliphatic rings. The minimum absolute atomic E-state index is 0.0905. The Morgan fingerprint density at radius 2 is 2.18 bits per heavy atom. The molecule has 0 bridgehead atoms. The highest BCUT2D eigenvalue weighted by Crippen LogP contribution is 2.15. The van der Waals surface area contributed by atoms with Crippen molar-refractivity contribution in [2.45, 2.75) is 44.7 Å². The fourth-order valence-corrected chi connectivity index (χ4v) is 2.26. The molecule has 0 aliphatic carbocycles. The van der Waals surface area contributed by atoms with Gasteiger partial charge in [-0.15, -0.1) is 0 Å². The molecule has 1 fully saturated rings. The Kier molecular flexibility index (Phi) is 5.14. The van der Waals surface area contributed by atoms with Crippen LogP contribution >= 0.6 is 12.2 Å². The number of thiocarbonyl (C=S) groups is 1. The number of hydrogen-bond acceptors (Lipinski definition) is 3. The molecule has 0 aromatic carbocycles. The number of amides is 2. The van der Waals surface area contributed by atoms with Crippen LogP contribution in [0.4, 0.5) is 4.79 Å². The second-order valence-electron chi connectivity index (χ2n) is 4.31. The summed E-state index contributed by atoms with van der Waals surface area (Å²) in [4.78, 5) is 12.2. The molecule has 0 saturated carbocycles. The average molecular weight is 259 g/mol. The number of nitrogens with one attached hydrogen (secondary N) is 2. The molecule has 98 valence electrons. The van der Waals surface area contributed by atoms with Gasteiger partial charge in [-0.05, 0) is 19.3 Å². The summed E-state index contributed by atoms with van der Waals surface area (Å²) in [6.45, 7) is 5.20. The Hall–Kier alpha value is -0.880. The Morgan fingerprint density at radius 1 is 1.53 bits per heavy atom. The zero-order valence-corrected chi connectivity index (χ0v) is 11.2. The molecule has 5 nitrogen and oxygen atoms in total. The Labute approximate surface area is 107 Å². The van der Waals surface area contributed by atoms with Gasteiger partial charge in [0.15, 0.2) is 0 Å². The topological polar surface area (TPSA) is 76.4 Å². The molecule has 0 spiro atoms. The standard InChI is InChI=1S/C11H21N3O2S/c1-3-11(4-2,9(12)17)14-10(15)13-8-5-6-16-7-8/h8H,3-7H2,1-2H3,(H2,12,17)(H2,13,14,15). The molecule has 2 amide bonds. The highest BCUT2D eigenvalue weighted by Gasteiger charge is 2.32. The quantitative estimate of drug-likeness (QED) is 0.642. The van der Waals surface area contributed by atoms with E-state index in [0.29, 0.717) is 31.0 Å². The van der Waals surface area contributed by atoms with E-state index in [1.807, 2.05) is 13.8 Å². The maximum absolute atomic E-state index is 11.8. The smallest absolute Gasteiger partial charge is 0.315 e. The van der Waals surface area contributed by atoms with Crippen molar-refractivity contribution >= 4 is 23.2 Å². The van der Waals surface area contributed by atoms with Crippen LogP contribution in [-0.4, -0.2) is 35.8 Å². The second-order valence-corrected chi connectivity index (χ2v) is 4.75. The number of carbonyl (C=O) groups is 1. The van der Waals surface area contributed by atoms with E-state index in [4.69, 9.17) is 22.7 Å². The van der Waals surface area contributed by atoms with Crippen molar-refractivity contribution in [1.82, 2.24) is 10.6 Å². The van der Waals surface area contributed by atoms with Gasteiger partial charge in [0.25, 0.3) is 0 Å². The fourth-order valence-electron chi connectivity index (χ4n) is 1.92. The van der Waals surface area contributed by atoms with Crippen LogP contribution < -0.4 is 16.4 Å². The lowest BCUT2D eigenvalue weighted by Gasteiger charge is -2.32. The zero-order chi connectivity index (χ0) is 12.9. The summed E-state index contributed by atoms with van der Waals surface area (Å²) in [6, 6.07) is -0.134. The van der Waals surface area contributed by atoms with Crippen molar-refractivity contribution in [3.63, 3.8) is 0 Å². The molecular formula is C11H21N3O2S. The van der Waals surface area contributed by atoms with Crippen molar-refractivity contribution in [2.24, 2.45) is 5.73 Å². The normalized spacial score (nSPS) is 20.0. The molecule has 6 heteroatoms. The second kappa shape index (κ2) is 6.16. The highest BCUT2D eigenvalue weighted by molar-refractivity contribution is 7.80. The van der Waals surface area contributed by atoms with E-state index in [9.17, 15) is 4.79 Å². The Bertz CT molecular complexity index is 286. The number of carbonyl (C=O) groups excluding carboxylic acids is 1.